The van der Waals surface area contributed by atoms with Crippen molar-refractivity contribution < 1.29 is 31.8 Å². The number of carbonyl (C=O) groups excluding carboxylic acids is 1. The van der Waals surface area contributed by atoms with Gasteiger partial charge in [-0.2, -0.15) is 18.7 Å². The zero-order valence-electron chi connectivity index (χ0n) is 20.6. The summed E-state index contributed by atoms with van der Waals surface area (Å²) in [5.41, 5.74) is -2.05. The van der Waals surface area contributed by atoms with E-state index >= 15 is 8.78 Å². The molecule has 39 heavy (non-hydrogen) atoms. The van der Waals surface area contributed by atoms with Gasteiger partial charge in [0.25, 0.3) is 11.5 Å². The van der Waals surface area contributed by atoms with Crippen LogP contribution in [0.3, 0.4) is 0 Å². The molecule has 2 heterocycles. The van der Waals surface area contributed by atoms with Crippen molar-refractivity contribution in [1.82, 2.24) is 14.3 Å². The highest BCUT2D eigenvalue weighted by Gasteiger charge is 2.29. The van der Waals surface area contributed by atoms with Crippen LogP contribution < -0.4 is 20.3 Å². The first-order valence-electron chi connectivity index (χ1n) is 11.1. The fourth-order valence-corrected chi connectivity index (χ4v) is 3.95. The Kier molecular flexibility index (Phi) is 7.39. The summed E-state index contributed by atoms with van der Waals surface area (Å²) < 4.78 is 66.4. The quantitative estimate of drug-likeness (QED) is 0.344. The molecule has 4 rings (SSSR count). The van der Waals surface area contributed by atoms with Crippen LogP contribution in [0.15, 0.2) is 53.5 Å². The smallest absolute Gasteiger partial charge is 0.387 e. The SMILES string of the molecule is COc1cc(F)c(-c2c(NC(=O)c3ccc(OC(F)F)cc3)c(=O)n(-c3nccc(C)c3C#N)n2C)c(F)c1. The highest BCUT2D eigenvalue weighted by atomic mass is 19.3. The number of halogens is 4. The molecular weight excluding hydrogens is 522 g/mol. The lowest BCUT2D eigenvalue weighted by atomic mass is 10.1. The number of ether oxygens (including phenoxy) is 2. The highest BCUT2D eigenvalue weighted by molar-refractivity contribution is 6.06. The Labute approximate surface area is 218 Å². The summed E-state index contributed by atoms with van der Waals surface area (Å²) in [4.78, 5) is 30.8. The topological polar surface area (TPSA) is 111 Å². The molecule has 1 N–H and O–H groups in total. The number of nitriles is 1. The third-order valence-corrected chi connectivity index (χ3v) is 5.79. The number of aromatic nitrogens is 3. The van der Waals surface area contributed by atoms with Gasteiger partial charge in [-0.05, 0) is 42.8 Å². The number of nitrogens with zero attached hydrogens (tertiary/aromatic N) is 4. The Morgan fingerprint density at radius 1 is 1.10 bits per heavy atom. The molecule has 0 bridgehead atoms. The molecule has 0 spiro atoms. The van der Waals surface area contributed by atoms with Crippen molar-refractivity contribution >= 4 is 11.6 Å². The third-order valence-electron chi connectivity index (χ3n) is 5.79. The van der Waals surface area contributed by atoms with E-state index in [0.717, 1.165) is 33.6 Å². The predicted molar refractivity (Wildman–Crippen MR) is 131 cm³/mol. The molecular formula is C26H19F4N5O4. The van der Waals surface area contributed by atoms with E-state index in [1.54, 1.807) is 13.0 Å². The summed E-state index contributed by atoms with van der Waals surface area (Å²) in [6.07, 6.45) is 1.35. The van der Waals surface area contributed by atoms with E-state index in [1.807, 2.05) is 6.07 Å². The van der Waals surface area contributed by atoms with Gasteiger partial charge in [0.15, 0.2) is 5.82 Å². The number of carbonyl (C=O) groups is 1. The molecule has 4 aromatic rings. The maximum Gasteiger partial charge on any atom is 0.387 e. The largest absolute Gasteiger partial charge is 0.497 e. The molecule has 1 amide bonds. The summed E-state index contributed by atoms with van der Waals surface area (Å²) in [7, 11) is 2.52. The van der Waals surface area contributed by atoms with Gasteiger partial charge >= 0.3 is 6.61 Å². The minimum absolute atomic E-state index is 0.0231. The van der Waals surface area contributed by atoms with Crippen LogP contribution in [0.25, 0.3) is 17.1 Å². The van der Waals surface area contributed by atoms with Crippen molar-refractivity contribution in [2.45, 2.75) is 13.5 Å². The van der Waals surface area contributed by atoms with Crippen LogP contribution in [-0.2, 0) is 7.05 Å². The molecule has 0 saturated heterocycles. The first kappa shape index (κ1) is 26.9. The Morgan fingerprint density at radius 3 is 2.31 bits per heavy atom. The molecule has 200 valence electrons. The van der Waals surface area contributed by atoms with Crippen molar-refractivity contribution in [3.8, 4) is 34.6 Å². The maximum absolute atomic E-state index is 15.2. The fraction of sp³-hybridized carbons (Fsp3) is 0.154. The lowest BCUT2D eigenvalue weighted by Crippen LogP contribution is -2.24. The molecule has 0 aliphatic heterocycles. The molecule has 0 aliphatic carbocycles. The summed E-state index contributed by atoms with van der Waals surface area (Å²) in [6, 6.07) is 9.87. The number of hydrogen-bond acceptors (Lipinski definition) is 6. The minimum atomic E-state index is -3.07. The monoisotopic (exact) mass is 541 g/mol. The molecule has 0 fully saturated rings. The Balaban J connectivity index is 1.93. The van der Waals surface area contributed by atoms with Crippen LogP contribution in [0.1, 0.15) is 21.5 Å². The van der Waals surface area contributed by atoms with Crippen molar-refractivity contribution in [3.05, 3.63) is 87.3 Å². The predicted octanol–water partition coefficient (Wildman–Crippen LogP) is 4.56. The van der Waals surface area contributed by atoms with Gasteiger partial charge < -0.3 is 14.8 Å². The van der Waals surface area contributed by atoms with Gasteiger partial charge in [0.2, 0.25) is 0 Å². The zero-order valence-corrected chi connectivity index (χ0v) is 20.6. The lowest BCUT2D eigenvalue weighted by molar-refractivity contribution is -0.0498. The summed E-state index contributed by atoms with van der Waals surface area (Å²) in [5.74, 6) is -3.54. The van der Waals surface area contributed by atoms with E-state index in [9.17, 15) is 23.6 Å². The van der Waals surface area contributed by atoms with Crippen LogP contribution in [0.2, 0.25) is 0 Å². The molecule has 9 nitrogen and oxygen atoms in total. The normalized spacial score (nSPS) is 10.8. The first-order valence-corrected chi connectivity index (χ1v) is 11.1. The van der Waals surface area contributed by atoms with E-state index in [1.165, 1.54) is 32.5 Å². The van der Waals surface area contributed by atoms with Crippen molar-refractivity contribution in [3.63, 3.8) is 0 Å². The van der Waals surface area contributed by atoms with Gasteiger partial charge in [0.05, 0.1) is 18.2 Å². The van der Waals surface area contributed by atoms with Crippen LogP contribution in [-0.4, -0.2) is 34.0 Å². The van der Waals surface area contributed by atoms with E-state index < -0.39 is 41.0 Å². The molecule has 2 aromatic carbocycles. The van der Waals surface area contributed by atoms with Gasteiger partial charge in [-0.1, -0.05) is 0 Å². The lowest BCUT2D eigenvalue weighted by Gasteiger charge is -2.13. The summed E-state index contributed by atoms with van der Waals surface area (Å²) in [5, 5.41) is 12.0. The van der Waals surface area contributed by atoms with Crippen LogP contribution in [0.4, 0.5) is 23.2 Å². The van der Waals surface area contributed by atoms with Crippen molar-refractivity contribution in [2.24, 2.45) is 7.05 Å². The number of aryl methyl sites for hydroxylation is 1. The number of amides is 1. The Morgan fingerprint density at radius 2 is 1.74 bits per heavy atom. The summed E-state index contributed by atoms with van der Waals surface area (Å²) >= 11 is 0. The Bertz CT molecular complexity index is 1650. The zero-order chi connectivity index (χ0) is 28.4. The van der Waals surface area contributed by atoms with E-state index in [-0.39, 0.29) is 34.1 Å². The van der Waals surface area contributed by atoms with Crippen LogP contribution in [0.5, 0.6) is 11.5 Å². The average Bonchev–Trinajstić information content (AvgIpc) is 3.12. The number of anilines is 1. The van der Waals surface area contributed by atoms with E-state index in [2.05, 4.69) is 15.0 Å². The minimum Gasteiger partial charge on any atom is -0.497 e. The molecule has 0 aliphatic rings. The average molecular weight is 541 g/mol. The number of alkyl halides is 2. The van der Waals surface area contributed by atoms with Crippen LogP contribution in [0, 0.1) is 29.9 Å². The number of rotatable bonds is 7. The molecule has 0 unspecified atom stereocenters. The maximum atomic E-state index is 15.2. The number of methoxy groups -OCH3 is 1. The molecule has 0 atom stereocenters. The van der Waals surface area contributed by atoms with Gasteiger partial charge in [-0.15, -0.1) is 0 Å². The number of nitrogens with one attached hydrogen (secondary N) is 1. The second-order valence-electron chi connectivity index (χ2n) is 8.13. The van der Waals surface area contributed by atoms with E-state index in [4.69, 9.17) is 4.74 Å². The van der Waals surface area contributed by atoms with Gasteiger partial charge in [0, 0.05) is 30.9 Å². The van der Waals surface area contributed by atoms with Gasteiger partial charge in [-0.3, -0.25) is 14.3 Å². The highest BCUT2D eigenvalue weighted by Crippen LogP contribution is 2.34. The first-order chi connectivity index (χ1) is 18.6. The summed E-state index contributed by atoms with van der Waals surface area (Å²) in [6.45, 7) is -1.45. The molecule has 0 saturated carbocycles. The Hall–Kier alpha value is -5.12. The number of pyridine rings is 1. The third kappa shape index (κ3) is 5.04. The van der Waals surface area contributed by atoms with E-state index in [0.29, 0.717) is 5.56 Å². The second kappa shape index (κ2) is 10.7. The second-order valence-corrected chi connectivity index (χ2v) is 8.13. The van der Waals surface area contributed by atoms with Gasteiger partial charge in [-0.25, -0.2) is 13.8 Å². The standard InChI is InChI=1S/C26H19F4N5O4/c1-13-8-9-32-23(17(13)12-31)35-25(37)21(33-24(36)14-4-6-15(7-5-14)39-26(29)30)22(34(35)2)20-18(27)10-16(38-3)11-19(20)28/h4-11,26H,1-3H3,(H,33,36). The molecule has 0 radical (unpaired) electrons. The van der Waals surface area contributed by atoms with Crippen molar-refractivity contribution in [2.75, 3.05) is 12.4 Å². The molecule has 2 aromatic heterocycles. The van der Waals surface area contributed by atoms with Gasteiger partial charge in [0.1, 0.15) is 40.6 Å². The molecule has 13 heteroatoms. The van der Waals surface area contributed by atoms with Crippen LogP contribution >= 0.6 is 0 Å². The number of benzene rings is 2. The van der Waals surface area contributed by atoms with Crippen molar-refractivity contribution in [1.29, 1.82) is 5.26 Å². The fourth-order valence-electron chi connectivity index (χ4n) is 3.95. The number of hydrogen-bond donors (Lipinski definition) is 1.